The van der Waals surface area contributed by atoms with Crippen molar-refractivity contribution in [2.75, 3.05) is 6.54 Å². The minimum Gasteiger partial charge on any atom is -0.324 e. The lowest BCUT2D eigenvalue weighted by atomic mass is 9.97. The van der Waals surface area contributed by atoms with Gasteiger partial charge >= 0.3 is 0 Å². The summed E-state index contributed by atoms with van der Waals surface area (Å²) in [6.45, 7) is 7.53. The number of hydrogen-bond donors (Lipinski definition) is 2. The first-order chi connectivity index (χ1) is 5.41. The second kappa shape index (κ2) is 3.35. The standard InChI is InChI=1S/C10H22N2/c1-9(2,3)12-8-10(11)6-4-5-7-10/h12H,4-8,11H2,1-3H3. The molecule has 0 radical (unpaired) electrons. The molecule has 2 nitrogen and oxygen atoms in total. The van der Waals surface area contributed by atoms with E-state index in [1.807, 2.05) is 0 Å². The van der Waals surface area contributed by atoms with E-state index in [-0.39, 0.29) is 11.1 Å². The van der Waals surface area contributed by atoms with Crippen molar-refractivity contribution in [1.82, 2.24) is 5.32 Å². The summed E-state index contributed by atoms with van der Waals surface area (Å²) in [7, 11) is 0. The predicted molar refractivity (Wildman–Crippen MR) is 53.1 cm³/mol. The minimum absolute atomic E-state index is 0.0906. The molecule has 0 spiro atoms. The fraction of sp³-hybridized carbons (Fsp3) is 1.00. The fourth-order valence-corrected chi connectivity index (χ4v) is 1.70. The van der Waals surface area contributed by atoms with Gasteiger partial charge in [-0.1, -0.05) is 12.8 Å². The molecule has 0 aromatic rings. The van der Waals surface area contributed by atoms with Gasteiger partial charge in [-0.3, -0.25) is 0 Å². The highest BCUT2D eigenvalue weighted by atomic mass is 15.0. The van der Waals surface area contributed by atoms with E-state index in [1.165, 1.54) is 25.7 Å². The van der Waals surface area contributed by atoms with Crippen LogP contribution in [0.5, 0.6) is 0 Å². The first-order valence-electron chi connectivity index (χ1n) is 4.95. The van der Waals surface area contributed by atoms with E-state index in [0.29, 0.717) is 0 Å². The second-order valence-corrected chi connectivity index (χ2v) is 5.17. The van der Waals surface area contributed by atoms with Crippen molar-refractivity contribution in [3.05, 3.63) is 0 Å². The van der Waals surface area contributed by atoms with E-state index in [4.69, 9.17) is 5.73 Å². The maximum atomic E-state index is 6.20. The molecule has 0 unspecified atom stereocenters. The highest BCUT2D eigenvalue weighted by Gasteiger charge is 2.29. The molecule has 0 atom stereocenters. The molecular weight excluding hydrogens is 148 g/mol. The Morgan fingerprint density at radius 1 is 1.25 bits per heavy atom. The molecule has 0 bridgehead atoms. The summed E-state index contributed by atoms with van der Waals surface area (Å²) in [6.07, 6.45) is 5.00. The first-order valence-corrected chi connectivity index (χ1v) is 4.95. The molecule has 3 N–H and O–H groups in total. The first kappa shape index (κ1) is 10.0. The summed E-state index contributed by atoms with van der Waals surface area (Å²) >= 11 is 0. The van der Waals surface area contributed by atoms with Crippen molar-refractivity contribution < 1.29 is 0 Å². The van der Waals surface area contributed by atoms with E-state index in [1.54, 1.807) is 0 Å². The third kappa shape index (κ3) is 3.11. The molecule has 0 aliphatic heterocycles. The molecule has 2 heteroatoms. The van der Waals surface area contributed by atoms with E-state index < -0.39 is 0 Å². The van der Waals surface area contributed by atoms with Crippen molar-refractivity contribution in [1.29, 1.82) is 0 Å². The van der Waals surface area contributed by atoms with E-state index in [9.17, 15) is 0 Å². The van der Waals surface area contributed by atoms with Gasteiger partial charge in [0.25, 0.3) is 0 Å². The van der Waals surface area contributed by atoms with Crippen molar-refractivity contribution in [3.8, 4) is 0 Å². The van der Waals surface area contributed by atoms with Crippen LogP contribution in [0.4, 0.5) is 0 Å². The molecular formula is C10H22N2. The molecule has 0 amide bonds. The zero-order valence-corrected chi connectivity index (χ0v) is 8.61. The summed E-state index contributed by atoms with van der Waals surface area (Å²) in [6, 6.07) is 0. The third-order valence-corrected chi connectivity index (χ3v) is 2.57. The number of nitrogens with one attached hydrogen (secondary N) is 1. The normalized spacial score (nSPS) is 23.0. The van der Waals surface area contributed by atoms with Gasteiger partial charge in [0.15, 0.2) is 0 Å². The largest absolute Gasteiger partial charge is 0.324 e. The molecule has 0 aromatic heterocycles. The van der Waals surface area contributed by atoms with Crippen LogP contribution < -0.4 is 11.1 Å². The van der Waals surface area contributed by atoms with Gasteiger partial charge in [0.2, 0.25) is 0 Å². The topological polar surface area (TPSA) is 38.0 Å². The summed E-state index contributed by atoms with van der Waals surface area (Å²) in [5, 5.41) is 3.48. The van der Waals surface area contributed by atoms with Gasteiger partial charge in [-0.15, -0.1) is 0 Å². The van der Waals surface area contributed by atoms with Crippen LogP contribution in [0.15, 0.2) is 0 Å². The maximum absolute atomic E-state index is 6.20. The molecule has 1 aliphatic rings. The molecule has 0 heterocycles. The van der Waals surface area contributed by atoms with Crippen molar-refractivity contribution in [2.45, 2.75) is 57.5 Å². The predicted octanol–water partition coefficient (Wildman–Crippen LogP) is 1.65. The van der Waals surface area contributed by atoms with Crippen LogP contribution in [-0.2, 0) is 0 Å². The average Bonchev–Trinajstić information content (AvgIpc) is 2.32. The van der Waals surface area contributed by atoms with Crippen LogP contribution >= 0.6 is 0 Å². The van der Waals surface area contributed by atoms with Crippen LogP contribution in [0, 0.1) is 0 Å². The molecule has 1 fully saturated rings. The number of hydrogen-bond acceptors (Lipinski definition) is 2. The van der Waals surface area contributed by atoms with Gasteiger partial charge in [-0.05, 0) is 33.6 Å². The molecule has 1 rings (SSSR count). The number of nitrogens with two attached hydrogens (primary N) is 1. The van der Waals surface area contributed by atoms with Crippen molar-refractivity contribution >= 4 is 0 Å². The Bertz CT molecular complexity index is 140. The minimum atomic E-state index is 0.0906. The van der Waals surface area contributed by atoms with Crippen LogP contribution in [0.2, 0.25) is 0 Å². The second-order valence-electron chi connectivity index (χ2n) is 5.17. The zero-order valence-electron chi connectivity index (χ0n) is 8.61. The Labute approximate surface area is 75.9 Å². The Balaban J connectivity index is 2.30. The molecule has 0 saturated heterocycles. The monoisotopic (exact) mass is 170 g/mol. The maximum Gasteiger partial charge on any atom is 0.0281 e. The molecule has 12 heavy (non-hydrogen) atoms. The van der Waals surface area contributed by atoms with E-state index in [0.717, 1.165) is 6.54 Å². The summed E-state index contributed by atoms with van der Waals surface area (Å²) < 4.78 is 0. The highest BCUT2D eigenvalue weighted by molar-refractivity contribution is 4.92. The Morgan fingerprint density at radius 3 is 2.17 bits per heavy atom. The molecule has 1 saturated carbocycles. The van der Waals surface area contributed by atoms with Gasteiger partial charge in [-0.2, -0.15) is 0 Å². The van der Waals surface area contributed by atoms with E-state index in [2.05, 4.69) is 26.1 Å². The summed E-state index contributed by atoms with van der Waals surface area (Å²) in [5.74, 6) is 0. The van der Waals surface area contributed by atoms with Crippen molar-refractivity contribution in [3.63, 3.8) is 0 Å². The van der Waals surface area contributed by atoms with E-state index >= 15 is 0 Å². The smallest absolute Gasteiger partial charge is 0.0281 e. The Hall–Kier alpha value is -0.0800. The highest BCUT2D eigenvalue weighted by Crippen LogP contribution is 2.26. The quantitative estimate of drug-likeness (QED) is 0.661. The Kier molecular flexibility index (Phi) is 2.79. The van der Waals surface area contributed by atoms with Crippen LogP contribution in [0.25, 0.3) is 0 Å². The lowest BCUT2D eigenvalue weighted by Crippen LogP contribution is -2.51. The van der Waals surface area contributed by atoms with Crippen LogP contribution in [0.3, 0.4) is 0 Å². The molecule has 1 aliphatic carbocycles. The van der Waals surface area contributed by atoms with Gasteiger partial charge < -0.3 is 11.1 Å². The van der Waals surface area contributed by atoms with Gasteiger partial charge in [0, 0.05) is 17.6 Å². The summed E-state index contributed by atoms with van der Waals surface area (Å²) in [4.78, 5) is 0. The molecule has 0 aromatic carbocycles. The third-order valence-electron chi connectivity index (χ3n) is 2.57. The lowest BCUT2D eigenvalue weighted by Gasteiger charge is -2.29. The van der Waals surface area contributed by atoms with Gasteiger partial charge in [0.1, 0.15) is 0 Å². The molecule has 72 valence electrons. The number of rotatable bonds is 2. The van der Waals surface area contributed by atoms with Crippen LogP contribution in [-0.4, -0.2) is 17.6 Å². The average molecular weight is 170 g/mol. The Morgan fingerprint density at radius 2 is 1.75 bits per heavy atom. The lowest BCUT2D eigenvalue weighted by molar-refractivity contribution is 0.335. The SMILES string of the molecule is CC(C)(C)NCC1(N)CCCC1. The summed E-state index contributed by atoms with van der Waals surface area (Å²) in [5.41, 5.74) is 6.50. The zero-order chi connectivity index (χ0) is 9.24. The van der Waals surface area contributed by atoms with Gasteiger partial charge in [-0.25, -0.2) is 0 Å². The van der Waals surface area contributed by atoms with Crippen molar-refractivity contribution in [2.24, 2.45) is 5.73 Å². The van der Waals surface area contributed by atoms with Gasteiger partial charge in [0.05, 0.1) is 0 Å². The fourth-order valence-electron chi connectivity index (χ4n) is 1.70. The van der Waals surface area contributed by atoms with Crippen LogP contribution in [0.1, 0.15) is 46.5 Å².